The highest BCUT2D eigenvalue weighted by Gasteiger charge is 2.36. The first-order chi connectivity index (χ1) is 11.1. The van der Waals surface area contributed by atoms with Gasteiger partial charge in [0.2, 0.25) is 5.91 Å². The van der Waals surface area contributed by atoms with Crippen LogP contribution in [0, 0.1) is 0 Å². The molecule has 5 nitrogen and oxygen atoms in total. The maximum Gasteiger partial charge on any atom is 0.280 e. The fourth-order valence-electron chi connectivity index (χ4n) is 2.38. The summed E-state index contributed by atoms with van der Waals surface area (Å²) in [5.74, 6) is -1.41. The maximum absolute atomic E-state index is 12.1. The number of benzene rings is 2. The molecule has 0 spiro atoms. The van der Waals surface area contributed by atoms with Crippen LogP contribution in [0.5, 0.6) is 0 Å². The SMILES string of the molecule is O=C(CCc1ccc(Cl)cc1)NN1C(=O)c2ccccc2C1=O. The fourth-order valence-corrected chi connectivity index (χ4v) is 2.51. The highest BCUT2D eigenvalue weighted by molar-refractivity contribution is 6.30. The normalized spacial score (nSPS) is 13.2. The average Bonchev–Trinajstić information content (AvgIpc) is 2.80. The first-order valence-electron chi connectivity index (χ1n) is 7.08. The minimum absolute atomic E-state index is 0.162. The Balaban J connectivity index is 1.62. The molecule has 23 heavy (non-hydrogen) atoms. The van der Waals surface area contributed by atoms with Crippen molar-refractivity contribution in [1.82, 2.24) is 10.4 Å². The zero-order chi connectivity index (χ0) is 16.4. The lowest BCUT2D eigenvalue weighted by atomic mass is 10.1. The van der Waals surface area contributed by atoms with E-state index in [0.717, 1.165) is 10.6 Å². The molecule has 2 aromatic rings. The van der Waals surface area contributed by atoms with Crippen molar-refractivity contribution in [3.8, 4) is 0 Å². The van der Waals surface area contributed by atoms with Crippen molar-refractivity contribution in [2.75, 3.05) is 0 Å². The zero-order valence-electron chi connectivity index (χ0n) is 12.1. The van der Waals surface area contributed by atoms with Gasteiger partial charge in [0.1, 0.15) is 0 Å². The van der Waals surface area contributed by atoms with Gasteiger partial charge in [-0.3, -0.25) is 19.8 Å². The van der Waals surface area contributed by atoms with E-state index >= 15 is 0 Å². The number of hydrogen-bond acceptors (Lipinski definition) is 3. The van der Waals surface area contributed by atoms with Gasteiger partial charge in [-0.25, -0.2) is 0 Å². The molecule has 1 aliphatic rings. The van der Waals surface area contributed by atoms with Gasteiger partial charge in [0.25, 0.3) is 11.8 Å². The van der Waals surface area contributed by atoms with Gasteiger partial charge in [-0.05, 0) is 36.2 Å². The van der Waals surface area contributed by atoms with E-state index in [1.807, 2.05) is 12.1 Å². The average molecular weight is 329 g/mol. The van der Waals surface area contributed by atoms with Crippen molar-refractivity contribution in [3.63, 3.8) is 0 Å². The Bertz CT molecular complexity index is 752. The van der Waals surface area contributed by atoms with E-state index < -0.39 is 17.7 Å². The standard InChI is InChI=1S/C17H13ClN2O3/c18-12-8-5-11(6-9-12)7-10-15(21)19-20-16(22)13-3-1-2-4-14(13)17(20)23/h1-6,8-9H,7,10H2,(H,19,21). The van der Waals surface area contributed by atoms with Gasteiger partial charge in [-0.1, -0.05) is 35.9 Å². The minimum Gasteiger partial charge on any atom is -0.273 e. The van der Waals surface area contributed by atoms with Crippen LogP contribution in [0.25, 0.3) is 0 Å². The molecule has 1 heterocycles. The molecule has 3 amide bonds. The summed E-state index contributed by atoms with van der Waals surface area (Å²) >= 11 is 5.80. The molecule has 6 heteroatoms. The third-order valence-electron chi connectivity index (χ3n) is 3.58. The number of nitrogens with one attached hydrogen (secondary N) is 1. The highest BCUT2D eigenvalue weighted by atomic mass is 35.5. The van der Waals surface area contributed by atoms with E-state index in [2.05, 4.69) is 5.43 Å². The van der Waals surface area contributed by atoms with Crippen molar-refractivity contribution in [3.05, 3.63) is 70.2 Å². The Hall–Kier alpha value is -2.66. The summed E-state index contributed by atoms with van der Waals surface area (Å²) in [7, 11) is 0. The number of carbonyl (C=O) groups excluding carboxylic acids is 3. The molecule has 0 unspecified atom stereocenters. The Morgan fingerprint density at radius 3 is 2.09 bits per heavy atom. The lowest BCUT2D eigenvalue weighted by Gasteiger charge is -2.14. The molecular formula is C17H13ClN2O3. The second-order valence-corrected chi connectivity index (χ2v) is 5.59. The minimum atomic E-state index is -0.509. The first-order valence-corrected chi connectivity index (χ1v) is 7.46. The van der Waals surface area contributed by atoms with Crippen LogP contribution in [0.2, 0.25) is 5.02 Å². The van der Waals surface area contributed by atoms with Crippen LogP contribution in [-0.4, -0.2) is 22.7 Å². The molecule has 0 saturated carbocycles. The molecule has 116 valence electrons. The molecule has 1 N–H and O–H groups in total. The van der Waals surface area contributed by atoms with Crippen molar-refractivity contribution >= 4 is 29.3 Å². The number of fused-ring (bicyclic) bond motifs is 1. The van der Waals surface area contributed by atoms with E-state index in [0.29, 0.717) is 22.6 Å². The van der Waals surface area contributed by atoms with Gasteiger partial charge in [-0.15, -0.1) is 0 Å². The van der Waals surface area contributed by atoms with Gasteiger partial charge in [0, 0.05) is 11.4 Å². The zero-order valence-corrected chi connectivity index (χ0v) is 12.8. The Labute approximate surface area is 137 Å². The second-order valence-electron chi connectivity index (χ2n) is 5.15. The second kappa shape index (κ2) is 6.22. The summed E-state index contributed by atoms with van der Waals surface area (Å²) in [4.78, 5) is 36.3. The van der Waals surface area contributed by atoms with Gasteiger partial charge in [0.15, 0.2) is 0 Å². The summed E-state index contributed by atoms with van der Waals surface area (Å²) in [6.07, 6.45) is 0.654. The van der Waals surface area contributed by atoms with Crippen LogP contribution in [0.4, 0.5) is 0 Å². The third kappa shape index (κ3) is 3.10. The maximum atomic E-state index is 12.1. The lowest BCUT2D eigenvalue weighted by Crippen LogP contribution is -2.45. The van der Waals surface area contributed by atoms with E-state index in [-0.39, 0.29) is 6.42 Å². The molecule has 0 saturated heterocycles. The van der Waals surface area contributed by atoms with Gasteiger partial charge in [0.05, 0.1) is 11.1 Å². The molecule has 0 bridgehead atoms. The molecule has 0 radical (unpaired) electrons. The predicted molar refractivity (Wildman–Crippen MR) is 84.9 cm³/mol. The van der Waals surface area contributed by atoms with Crippen LogP contribution < -0.4 is 5.43 Å². The number of imide groups is 1. The number of halogens is 1. The molecule has 1 aliphatic heterocycles. The van der Waals surface area contributed by atoms with Crippen LogP contribution in [0.3, 0.4) is 0 Å². The van der Waals surface area contributed by atoms with Crippen LogP contribution in [0.1, 0.15) is 32.7 Å². The topological polar surface area (TPSA) is 66.5 Å². The predicted octanol–water partition coefficient (Wildman–Crippen LogP) is 2.60. The van der Waals surface area contributed by atoms with Gasteiger partial charge in [-0.2, -0.15) is 5.01 Å². The number of amides is 3. The first kappa shape index (κ1) is 15.2. The lowest BCUT2D eigenvalue weighted by molar-refractivity contribution is -0.124. The molecule has 0 fully saturated rings. The Kier molecular flexibility index (Phi) is 4.12. The summed E-state index contributed by atoms with van der Waals surface area (Å²) in [5.41, 5.74) is 3.93. The third-order valence-corrected chi connectivity index (χ3v) is 3.84. The largest absolute Gasteiger partial charge is 0.280 e. The van der Waals surface area contributed by atoms with Crippen molar-refractivity contribution < 1.29 is 14.4 Å². The molecule has 0 aromatic heterocycles. The number of aryl methyl sites for hydroxylation is 1. The highest BCUT2D eigenvalue weighted by Crippen LogP contribution is 2.20. The van der Waals surface area contributed by atoms with E-state index in [1.54, 1.807) is 36.4 Å². The molecule has 2 aromatic carbocycles. The number of rotatable bonds is 4. The van der Waals surface area contributed by atoms with E-state index in [4.69, 9.17) is 11.6 Å². The van der Waals surface area contributed by atoms with Crippen molar-refractivity contribution in [1.29, 1.82) is 0 Å². The van der Waals surface area contributed by atoms with Crippen molar-refractivity contribution in [2.24, 2.45) is 0 Å². The molecule has 0 atom stereocenters. The molecule has 3 rings (SSSR count). The summed E-state index contributed by atoms with van der Waals surface area (Å²) < 4.78 is 0. The number of nitrogens with zero attached hydrogens (tertiary/aromatic N) is 1. The Morgan fingerprint density at radius 1 is 0.957 bits per heavy atom. The monoisotopic (exact) mass is 328 g/mol. The van der Waals surface area contributed by atoms with Crippen LogP contribution >= 0.6 is 11.6 Å². The van der Waals surface area contributed by atoms with Gasteiger partial charge < -0.3 is 0 Å². The number of hydrazine groups is 1. The van der Waals surface area contributed by atoms with Crippen molar-refractivity contribution in [2.45, 2.75) is 12.8 Å². The molecule has 0 aliphatic carbocycles. The van der Waals surface area contributed by atoms with Crippen LogP contribution in [-0.2, 0) is 11.2 Å². The summed E-state index contributed by atoms with van der Waals surface area (Å²) in [5, 5.41) is 1.40. The van der Waals surface area contributed by atoms with E-state index in [9.17, 15) is 14.4 Å². The molecular weight excluding hydrogens is 316 g/mol. The quantitative estimate of drug-likeness (QED) is 0.877. The summed E-state index contributed by atoms with van der Waals surface area (Å²) in [6.45, 7) is 0. The fraction of sp³-hybridized carbons (Fsp3) is 0.118. The number of carbonyl (C=O) groups is 3. The number of hydrogen-bond donors (Lipinski definition) is 1. The van der Waals surface area contributed by atoms with E-state index in [1.165, 1.54) is 0 Å². The summed E-state index contributed by atoms with van der Waals surface area (Å²) in [6, 6.07) is 13.6. The van der Waals surface area contributed by atoms with Gasteiger partial charge >= 0.3 is 0 Å². The Morgan fingerprint density at radius 2 is 1.52 bits per heavy atom. The van der Waals surface area contributed by atoms with Crippen LogP contribution in [0.15, 0.2) is 48.5 Å². The smallest absolute Gasteiger partial charge is 0.273 e.